The number of carbonyl (C=O) groups excluding carboxylic acids is 2. The number of amides is 1. The molecule has 1 amide bonds. The fraction of sp³-hybridized carbons (Fsp3) is 0.667. The average Bonchev–Trinajstić information content (AvgIpc) is 2.37. The molecule has 0 aromatic rings. The Bertz CT molecular complexity index is 399. The molecule has 0 bridgehead atoms. The summed E-state index contributed by atoms with van der Waals surface area (Å²) in [5.41, 5.74) is 6.00. The lowest BCUT2D eigenvalue weighted by molar-refractivity contribution is -0.186. The molecule has 2 N–H and O–H groups in total. The molecule has 0 saturated carbocycles. The van der Waals surface area contributed by atoms with Crippen LogP contribution in [0.15, 0.2) is 11.8 Å². The zero-order chi connectivity index (χ0) is 15.3. The van der Waals surface area contributed by atoms with E-state index in [2.05, 4.69) is 0 Å². The summed E-state index contributed by atoms with van der Waals surface area (Å²) in [5, 5.41) is 0. The Hall–Kier alpha value is -1.73. The number of piperidine rings is 1. The molecule has 0 unspecified atom stereocenters. The first kappa shape index (κ1) is 16.3. The second-order valence-electron chi connectivity index (χ2n) is 4.46. The van der Waals surface area contributed by atoms with Crippen LogP contribution in [0.3, 0.4) is 0 Å². The van der Waals surface area contributed by atoms with E-state index in [-0.39, 0.29) is 31.3 Å². The van der Waals surface area contributed by atoms with Gasteiger partial charge < -0.3 is 15.4 Å². The third-order valence-electron chi connectivity index (χ3n) is 3.07. The summed E-state index contributed by atoms with van der Waals surface area (Å²) in [5.74, 6) is -2.61. The van der Waals surface area contributed by atoms with E-state index in [1.807, 2.05) is 0 Å². The van der Waals surface area contributed by atoms with Crippen molar-refractivity contribution < 1.29 is 27.5 Å². The minimum atomic E-state index is -4.85. The van der Waals surface area contributed by atoms with Crippen LogP contribution in [0.5, 0.6) is 0 Å². The molecule has 5 nitrogen and oxygen atoms in total. The van der Waals surface area contributed by atoms with Crippen molar-refractivity contribution in [3.8, 4) is 0 Å². The van der Waals surface area contributed by atoms with E-state index >= 15 is 0 Å². The normalized spacial score (nSPS) is 18.0. The maximum absolute atomic E-state index is 12.3. The Kier molecular flexibility index (Phi) is 5.41. The van der Waals surface area contributed by atoms with Gasteiger partial charge in [-0.1, -0.05) is 0 Å². The Morgan fingerprint density at radius 1 is 1.35 bits per heavy atom. The van der Waals surface area contributed by atoms with Crippen LogP contribution >= 0.6 is 0 Å². The number of halogens is 3. The van der Waals surface area contributed by atoms with Gasteiger partial charge in [0.1, 0.15) is 0 Å². The molecular formula is C12H17F3N2O3. The summed E-state index contributed by atoms with van der Waals surface area (Å²) in [6.45, 7) is 1.82. The summed E-state index contributed by atoms with van der Waals surface area (Å²) in [6.07, 6.45) is -3.11. The van der Waals surface area contributed by atoms with Gasteiger partial charge >= 0.3 is 18.1 Å². The molecule has 0 atom stereocenters. The Balaban J connectivity index is 2.54. The predicted molar refractivity (Wildman–Crippen MR) is 64.3 cm³/mol. The number of esters is 1. The van der Waals surface area contributed by atoms with Crippen molar-refractivity contribution in [1.29, 1.82) is 0 Å². The fourth-order valence-electron chi connectivity index (χ4n) is 2.03. The highest BCUT2D eigenvalue weighted by atomic mass is 19.4. The second kappa shape index (κ2) is 6.62. The monoisotopic (exact) mass is 294 g/mol. The third kappa shape index (κ3) is 4.43. The first-order chi connectivity index (χ1) is 9.25. The van der Waals surface area contributed by atoms with Crippen LogP contribution in [0.4, 0.5) is 13.2 Å². The van der Waals surface area contributed by atoms with Crippen LogP contribution < -0.4 is 5.73 Å². The Morgan fingerprint density at radius 3 is 2.35 bits per heavy atom. The second-order valence-corrected chi connectivity index (χ2v) is 4.46. The number of nitrogens with zero attached hydrogens (tertiary/aromatic N) is 1. The predicted octanol–water partition coefficient (Wildman–Crippen LogP) is 1.19. The van der Waals surface area contributed by atoms with E-state index in [0.717, 1.165) is 11.0 Å². The van der Waals surface area contributed by atoms with Crippen LogP contribution in [-0.4, -0.2) is 42.6 Å². The molecule has 1 aliphatic heterocycles. The van der Waals surface area contributed by atoms with E-state index in [1.54, 1.807) is 6.92 Å². The topological polar surface area (TPSA) is 72.6 Å². The number of rotatable bonds is 3. The lowest BCUT2D eigenvalue weighted by atomic mass is 9.93. The van der Waals surface area contributed by atoms with Gasteiger partial charge in [-0.2, -0.15) is 13.2 Å². The van der Waals surface area contributed by atoms with Crippen LogP contribution in [0.1, 0.15) is 19.8 Å². The van der Waals surface area contributed by atoms with Gasteiger partial charge in [-0.05, 0) is 19.8 Å². The lowest BCUT2D eigenvalue weighted by Gasteiger charge is -2.32. The summed E-state index contributed by atoms with van der Waals surface area (Å²) in [4.78, 5) is 23.0. The molecule has 1 saturated heterocycles. The molecule has 1 aliphatic rings. The first-order valence-electron chi connectivity index (χ1n) is 6.25. The highest BCUT2D eigenvalue weighted by Crippen LogP contribution is 2.26. The number of likely N-dealkylation sites (tertiary alicyclic amines) is 1. The van der Waals surface area contributed by atoms with E-state index in [1.165, 1.54) is 0 Å². The fourth-order valence-corrected chi connectivity index (χ4v) is 2.03. The van der Waals surface area contributed by atoms with Gasteiger partial charge in [-0.25, -0.2) is 4.79 Å². The highest BCUT2D eigenvalue weighted by Gasteiger charge is 2.43. The van der Waals surface area contributed by atoms with Crippen molar-refractivity contribution in [2.45, 2.75) is 25.9 Å². The molecule has 114 valence electrons. The molecule has 1 rings (SSSR count). The molecule has 20 heavy (non-hydrogen) atoms. The lowest BCUT2D eigenvalue weighted by Crippen LogP contribution is -2.45. The van der Waals surface area contributed by atoms with Gasteiger partial charge in [0.05, 0.1) is 6.61 Å². The standard InChI is InChI=1S/C12H17F3N2O3/c1-2-20-10(18)7-9(16)8-3-5-17(6-4-8)11(19)12(13,14)15/h7-8H,2-6,16H2,1H3. The average molecular weight is 294 g/mol. The van der Waals surface area contributed by atoms with E-state index in [9.17, 15) is 22.8 Å². The quantitative estimate of drug-likeness (QED) is 0.627. The van der Waals surface area contributed by atoms with Gasteiger partial charge in [0, 0.05) is 30.8 Å². The molecule has 0 aromatic heterocycles. The van der Waals surface area contributed by atoms with Crippen LogP contribution in [0.2, 0.25) is 0 Å². The summed E-state index contributed by atoms with van der Waals surface area (Å²) < 4.78 is 41.5. The van der Waals surface area contributed by atoms with Crippen LogP contribution in [-0.2, 0) is 14.3 Å². The minimum Gasteiger partial charge on any atom is -0.463 e. The van der Waals surface area contributed by atoms with Crippen LogP contribution in [0, 0.1) is 5.92 Å². The molecule has 1 fully saturated rings. The van der Waals surface area contributed by atoms with Crippen molar-refractivity contribution in [2.75, 3.05) is 19.7 Å². The number of carbonyl (C=O) groups is 2. The van der Waals surface area contributed by atoms with Gasteiger partial charge in [0.25, 0.3) is 0 Å². The molecule has 1 heterocycles. The van der Waals surface area contributed by atoms with Crippen molar-refractivity contribution in [1.82, 2.24) is 4.90 Å². The number of hydrogen-bond acceptors (Lipinski definition) is 4. The van der Waals surface area contributed by atoms with Crippen LogP contribution in [0.25, 0.3) is 0 Å². The van der Waals surface area contributed by atoms with Crippen molar-refractivity contribution >= 4 is 11.9 Å². The SMILES string of the molecule is CCOC(=O)C=C(N)C1CCN(C(=O)C(F)(F)F)CC1. The molecule has 0 aromatic carbocycles. The van der Waals surface area contributed by atoms with Gasteiger partial charge in [0.15, 0.2) is 0 Å². The number of ether oxygens (including phenoxy) is 1. The summed E-state index contributed by atoms with van der Waals surface area (Å²) in [6, 6.07) is 0. The van der Waals surface area contributed by atoms with Gasteiger partial charge in [-0.3, -0.25) is 4.79 Å². The Labute approximate surface area is 114 Å². The van der Waals surface area contributed by atoms with E-state index in [0.29, 0.717) is 12.8 Å². The van der Waals surface area contributed by atoms with Gasteiger partial charge in [-0.15, -0.1) is 0 Å². The zero-order valence-electron chi connectivity index (χ0n) is 11.1. The van der Waals surface area contributed by atoms with Crippen molar-refractivity contribution in [2.24, 2.45) is 11.7 Å². The third-order valence-corrected chi connectivity index (χ3v) is 3.07. The van der Waals surface area contributed by atoms with E-state index in [4.69, 9.17) is 10.5 Å². The number of allylic oxidation sites excluding steroid dienone is 1. The maximum atomic E-state index is 12.3. The number of nitrogens with two attached hydrogens (primary N) is 1. The minimum absolute atomic E-state index is 0.0274. The summed E-state index contributed by atoms with van der Waals surface area (Å²) >= 11 is 0. The number of hydrogen-bond donors (Lipinski definition) is 1. The molecule has 0 aliphatic carbocycles. The first-order valence-corrected chi connectivity index (χ1v) is 6.25. The molecule has 0 spiro atoms. The largest absolute Gasteiger partial charge is 0.471 e. The molecule has 0 radical (unpaired) electrons. The maximum Gasteiger partial charge on any atom is 0.471 e. The van der Waals surface area contributed by atoms with Crippen molar-refractivity contribution in [3.63, 3.8) is 0 Å². The zero-order valence-corrected chi connectivity index (χ0v) is 11.1. The number of alkyl halides is 3. The molecular weight excluding hydrogens is 277 g/mol. The molecule has 8 heteroatoms. The van der Waals surface area contributed by atoms with E-state index < -0.39 is 18.1 Å². The van der Waals surface area contributed by atoms with Crippen molar-refractivity contribution in [3.05, 3.63) is 11.8 Å². The Morgan fingerprint density at radius 2 is 1.90 bits per heavy atom. The highest BCUT2D eigenvalue weighted by molar-refractivity contribution is 5.83. The van der Waals surface area contributed by atoms with Gasteiger partial charge in [0.2, 0.25) is 0 Å². The smallest absolute Gasteiger partial charge is 0.463 e. The summed E-state index contributed by atoms with van der Waals surface area (Å²) in [7, 11) is 0.